The molecule has 1 atom stereocenters. The molecule has 1 aromatic heterocycles. The number of hydrogen-bond donors (Lipinski definition) is 2. The topological polar surface area (TPSA) is 84.1 Å². The van der Waals surface area contributed by atoms with Crippen LogP contribution < -0.4 is 15.6 Å². The molecule has 2 aromatic rings. The van der Waals surface area contributed by atoms with Crippen LogP contribution in [0.3, 0.4) is 0 Å². The van der Waals surface area contributed by atoms with Crippen LogP contribution >= 0.6 is 11.8 Å². The van der Waals surface area contributed by atoms with Crippen LogP contribution in [-0.4, -0.2) is 29.1 Å². The number of benzene rings is 1. The number of H-pyrrole nitrogens is 1. The molecule has 0 radical (unpaired) electrons. The maximum atomic E-state index is 13.1. The third kappa shape index (κ3) is 3.13. The van der Waals surface area contributed by atoms with Gasteiger partial charge in [0.1, 0.15) is 11.6 Å². The van der Waals surface area contributed by atoms with Gasteiger partial charge in [-0.25, -0.2) is 4.98 Å². The van der Waals surface area contributed by atoms with E-state index in [1.165, 1.54) is 11.8 Å². The van der Waals surface area contributed by atoms with E-state index in [-0.39, 0.29) is 16.8 Å². The molecule has 146 valence electrons. The van der Waals surface area contributed by atoms with Crippen LogP contribution in [0.25, 0.3) is 0 Å². The fourth-order valence-corrected chi connectivity index (χ4v) is 4.50. The van der Waals surface area contributed by atoms with Gasteiger partial charge in [-0.1, -0.05) is 37.7 Å². The van der Waals surface area contributed by atoms with Gasteiger partial charge in [0.25, 0.3) is 5.56 Å². The first-order valence-electron chi connectivity index (χ1n) is 9.18. The summed E-state index contributed by atoms with van der Waals surface area (Å²) in [7, 11) is 1.61. The van der Waals surface area contributed by atoms with Crippen molar-refractivity contribution in [2.24, 2.45) is 5.41 Å². The number of thioether (sulfide) groups is 1. The molecule has 0 fully saturated rings. The molecule has 1 unspecified atom stereocenters. The Bertz CT molecular complexity index is 1040. The molecule has 7 heteroatoms. The molecule has 0 bridgehead atoms. The average Bonchev–Trinajstić information content (AvgIpc) is 2.65. The Hall–Kier alpha value is -2.54. The first-order valence-corrected chi connectivity index (χ1v) is 10.4. The highest BCUT2D eigenvalue weighted by atomic mass is 32.2. The number of methoxy groups -OCH3 is 1. The van der Waals surface area contributed by atoms with Crippen LogP contribution in [0.1, 0.15) is 43.7 Å². The van der Waals surface area contributed by atoms with Crippen molar-refractivity contribution in [3.05, 3.63) is 57.0 Å². The van der Waals surface area contributed by atoms with Gasteiger partial charge in [-0.3, -0.25) is 9.59 Å². The Balaban J connectivity index is 1.95. The van der Waals surface area contributed by atoms with Crippen molar-refractivity contribution >= 4 is 23.4 Å². The van der Waals surface area contributed by atoms with Gasteiger partial charge in [0.05, 0.1) is 12.7 Å². The third-order valence-electron chi connectivity index (χ3n) is 5.34. The van der Waals surface area contributed by atoms with E-state index in [1.54, 1.807) is 7.11 Å². The van der Waals surface area contributed by atoms with Crippen LogP contribution in [0, 0.1) is 5.41 Å². The van der Waals surface area contributed by atoms with E-state index in [1.807, 2.05) is 30.5 Å². The summed E-state index contributed by atoms with van der Waals surface area (Å²) in [5.41, 5.74) is 2.59. The van der Waals surface area contributed by atoms with Crippen molar-refractivity contribution in [2.75, 3.05) is 18.7 Å². The molecule has 0 saturated carbocycles. The first kappa shape index (κ1) is 18.8. The maximum Gasteiger partial charge on any atom is 0.257 e. The Morgan fingerprint density at radius 3 is 2.54 bits per heavy atom. The molecule has 2 N–H and O–H groups in total. The summed E-state index contributed by atoms with van der Waals surface area (Å²) >= 11 is 1.38. The Kier molecular flexibility index (Phi) is 4.57. The molecule has 28 heavy (non-hydrogen) atoms. The second-order valence-corrected chi connectivity index (χ2v) is 8.80. The normalized spacial score (nSPS) is 20.3. The summed E-state index contributed by atoms with van der Waals surface area (Å²) in [6.45, 7) is 4.18. The predicted octanol–water partition coefficient (Wildman–Crippen LogP) is 3.70. The van der Waals surface area contributed by atoms with Crippen LogP contribution in [0.5, 0.6) is 5.75 Å². The highest BCUT2D eigenvalue weighted by Crippen LogP contribution is 2.47. The van der Waals surface area contributed by atoms with Crippen molar-refractivity contribution in [1.82, 2.24) is 9.97 Å². The zero-order valence-corrected chi connectivity index (χ0v) is 17.2. The summed E-state index contributed by atoms with van der Waals surface area (Å²) in [6.07, 6.45) is 3.07. The summed E-state index contributed by atoms with van der Waals surface area (Å²) in [6, 6.07) is 7.54. The second kappa shape index (κ2) is 6.81. The lowest BCUT2D eigenvalue weighted by atomic mass is 9.69. The molecular weight excluding hydrogens is 374 g/mol. The van der Waals surface area contributed by atoms with Gasteiger partial charge >= 0.3 is 0 Å². The number of carbonyl (C=O) groups excluding carboxylic acids is 1. The molecule has 6 nitrogen and oxygen atoms in total. The molecule has 1 aromatic carbocycles. The average molecular weight is 398 g/mol. The van der Waals surface area contributed by atoms with Crippen LogP contribution in [0.2, 0.25) is 0 Å². The number of nitrogens with one attached hydrogen (secondary N) is 2. The van der Waals surface area contributed by atoms with E-state index in [0.717, 1.165) is 23.4 Å². The number of ether oxygens (including phenoxy) is 1. The largest absolute Gasteiger partial charge is 0.497 e. The first-order chi connectivity index (χ1) is 13.3. The van der Waals surface area contributed by atoms with E-state index >= 15 is 0 Å². The van der Waals surface area contributed by atoms with Gasteiger partial charge < -0.3 is 15.0 Å². The van der Waals surface area contributed by atoms with Crippen LogP contribution in [0.4, 0.5) is 5.82 Å². The molecule has 0 spiro atoms. The smallest absolute Gasteiger partial charge is 0.257 e. The number of fused-ring (bicyclic) bond motifs is 1. The van der Waals surface area contributed by atoms with E-state index in [4.69, 9.17) is 4.74 Å². The summed E-state index contributed by atoms with van der Waals surface area (Å²) in [5.74, 6) is 0.914. The standard InChI is InChI=1S/C21H23N3O3S/c1-21(2)9-13-16(14(25)10-21)15(11-5-7-12(27-3)8-6-11)17-18(22-13)23-20(28-4)24-19(17)26/h5-8,15H,9-10H2,1-4H3,(H2,22,23,24,26). The van der Waals surface area contributed by atoms with E-state index in [2.05, 4.69) is 29.1 Å². The lowest BCUT2D eigenvalue weighted by Gasteiger charge is -2.38. The molecule has 1 aliphatic heterocycles. The van der Waals surface area contributed by atoms with Crippen molar-refractivity contribution < 1.29 is 9.53 Å². The van der Waals surface area contributed by atoms with E-state index in [9.17, 15) is 9.59 Å². The number of carbonyl (C=O) groups is 1. The summed E-state index contributed by atoms with van der Waals surface area (Å²) in [4.78, 5) is 33.5. The van der Waals surface area contributed by atoms with E-state index < -0.39 is 5.92 Å². The molecular formula is C21H23N3O3S. The zero-order valence-electron chi connectivity index (χ0n) is 16.4. The number of hydrogen-bond acceptors (Lipinski definition) is 6. The van der Waals surface area contributed by atoms with Gasteiger partial charge in [-0.15, -0.1) is 0 Å². The molecule has 4 rings (SSSR count). The monoisotopic (exact) mass is 397 g/mol. The van der Waals surface area contributed by atoms with Crippen LogP contribution in [-0.2, 0) is 4.79 Å². The number of nitrogens with zero attached hydrogens (tertiary/aromatic N) is 1. The van der Waals surface area contributed by atoms with Gasteiger partial charge in [0, 0.05) is 23.6 Å². The minimum absolute atomic E-state index is 0.0820. The summed E-state index contributed by atoms with van der Waals surface area (Å²) < 4.78 is 5.26. The lowest BCUT2D eigenvalue weighted by Crippen LogP contribution is -2.37. The van der Waals surface area contributed by atoms with Gasteiger partial charge in [-0.05, 0) is 35.8 Å². The Labute approximate surface area is 167 Å². The van der Waals surface area contributed by atoms with Crippen molar-refractivity contribution in [1.29, 1.82) is 0 Å². The second-order valence-electron chi connectivity index (χ2n) is 8.00. The number of Topliss-reactive ketones (excluding diaryl/α,β-unsaturated/α-hetero) is 1. The minimum atomic E-state index is -0.437. The SMILES string of the molecule is COc1ccc(C2C3=C(CC(C)(C)CC3=O)Nc3nc(SC)[nH]c(=O)c32)cc1. The predicted molar refractivity (Wildman–Crippen MR) is 110 cm³/mol. The lowest BCUT2D eigenvalue weighted by molar-refractivity contribution is -0.118. The summed E-state index contributed by atoms with van der Waals surface area (Å²) in [5, 5.41) is 3.86. The molecule has 2 heterocycles. The number of aromatic amines is 1. The van der Waals surface area contributed by atoms with Crippen molar-refractivity contribution in [3.8, 4) is 5.75 Å². The fraction of sp³-hybridized carbons (Fsp3) is 0.381. The van der Waals surface area contributed by atoms with Crippen molar-refractivity contribution in [2.45, 2.75) is 37.8 Å². The van der Waals surface area contributed by atoms with Crippen LogP contribution in [0.15, 0.2) is 45.5 Å². The molecule has 0 saturated heterocycles. The van der Waals surface area contributed by atoms with Crippen molar-refractivity contribution in [3.63, 3.8) is 0 Å². The fourth-order valence-electron chi connectivity index (χ4n) is 4.12. The Morgan fingerprint density at radius 1 is 1.18 bits per heavy atom. The highest BCUT2D eigenvalue weighted by Gasteiger charge is 2.42. The Morgan fingerprint density at radius 2 is 1.89 bits per heavy atom. The number of allylic oxidation sites excluding steroid dienone is 2. The molecule has 2 aliphatic rings. The number of anilines is 1. The minimum Gasteiger partial charge on any atom is -0.497 e. The van der Waals surface area contributed by atoms with Gasteiger partial charge in [-0.2, -0.15) is 0 Å². The third-order valence-corrected chi connectivity index (χ3v) is 5.92. The number of rotatable bonds is 3. The zero-order chi connectivity index (χ0) is 20.1. The van der Waals surface area contributed by atoms with Gasteiger partial charge in [0.15, 0.2) is 10.9 Å². The van der Waals surface area contributed by atoms with E-state index in [0.29, 0.717) is 28.5 Å². The van der Waals surface area contributed by atoms with Gasteiger partial charge in [0.2, 0.25) is 0 Å². The molecule has 1 aliphatic carbocycles. The molecule has 0 amide bonds. The number of aromatic nitrogens is 2. The quantitative estimate of drug-likeness (QED) is 0.607. The number of ketones is 1. The highest BCUT2D eigenvalue weighted by molar-refractivity contribution is 7.98. The maximum absolute atomic E-state index is 13.1.